The van der Waals surface area contributed by atoms with Crippen molar-refractivity contribution < 1.29 is 14.3 Å². The van der Waals surface area contributed by atoms with Crippen LogP contribution in [0.3, 0.4) is 0 Å². The number of carbonyl (C=O) groups is 2. The molecule has 0 saturated carbocycles. The van der Waals surface area contributed by atoms with Crippen LogP contribution in [-0.4, -0.2) is 55.6 Å². The van der Waals surface area contributed by atoms with E-state index in [-0.39, 0.29) is 36.1 Å². The summed E-state index contributed by atoms with van der Waals surface area (Å²) in [5, 5.41) is 6.61. The van der Waals surface area contributed by atoms with Gasteiger partial charge in [-0.2, -0.15) is 0 Å². The molecule has 9 heteroatoms. The maximum absolute atomic E-state index is 11.7. The van der Waals surface area contributed by atoms with Crippen molar-refractivity contribution in [3.05, 3.63) is 35.4 Å². The van der Waals surface area contributed by atoms with Gasteiger partial charge in [-0.1, -0.05) is 12.1 Å². The third-order valence-corrected chi connectivity index (χ3v) is 4.26. The number of halogens is 1. The number of ether oxygens (including phenoxy) is 1. The summed E-state index contributed by atoms with van der Waals surface area (Å²) < 4.78 is 5.03. The molecule has 0 aromatic heterocycles. The summed E-state index contributed by atoms with van der Waals surface area (Å²) in [5.41, 5.74) is 6.74. The lowest BCUT2D eigenvalue weighted by molar-refractivity contribution is 0.0961. The minimum atomic E-state index is -0.442. The summed E-state index contributed by atoms with van der Waals surface area (Å²) in [6.07, 6.45) is 1.41. The fourth-order valence-electron chi connectivity index (χ4n) is 2.83. The van der Waals surface area contributed by atoms with E-state index in [2.05, 4.69) is 15.6 Å². The maximum Gasteiger partial charge on any atom is 0.409 e. The Morgan fingerprint density at radius 1 is 1.33 bits per heavy atom. The number of likely N-dealkylation sites (tertiary alicyclic amines) is 1. The molecule has 4 N–H and O–H groups in total. The van der Waals surface area contributed by atoms with Gasteiger partial charge in [-0.05, 0) is 37.5 Å². The van der Waals surface area contributed by atoms with Crippen molar-refractivity contribution in [3.8, 4) is 0 Å². The van der Waals surface area contributed by atoms with Crippen molar-refractivity contribution in [3.63, 3.8) is 0 Å². The highest BCUT2D eigenvalue weighted by Gasteiger charge is 2.23. The largest absolute Gasteiger partial charge is 0.450 e. The number of nitrogens with one attached hydrogen (secondary N) is 2. The van der Waals surface area contributed by atoms with Crippen molar-refractivity contribution in [2.24, 2.45) is 10.7 Å². The predicted octanol–water partition coefficient (Wildman–Crippen LogP) is 1.69. The zero-order chi connectivity index (χ0) is 18.9. The molecule has 0 atom stereocenters. The highest BCUT2D eigenvalue weighted by molar-refractivity contribution is 14.0. The van der Waals surface area contributed by atoms with Crippen LogP contribution in [0.2, 0.25) is 0 Å². The van der Waals surface area contributed by atoms with Gasteiger partial charge < -0.3 is 26.0 Å². The first-order valence-corrected chi connectivity index (χ1v) is 8.81. The molecular formula is C18H28IN5O3. The predicted molar refractivity (Wildman–Crippen MR) is 115 cm³/mol. The number of rotatable bonds is 5. The number of hydrogen-bond donors (Lipinski definition) is 3. The van der Waals surface area contributed by atoms with Crippen LogP contribution in [0.15, 0.2) is 29.3 Å². The van der Waals surface area contributed by atoms with E-state index in [1.807, 2.05) is 6.07 Å². The van der Waals surface area contributed by atoms with Gasteiger partial charge in [0.05, 0.1) is 6.61 Å². The van der Waals surface area contributed by atoms with Crippen LogP contribution >= 0.6 is 24.0 Å². The molecule has 1 aromatic rings. The molecular weight excluding hydrogens is 461 g/mol. The molecule has 0 unspecified atom stereocenters. The first kappa shape index (κ1) is 23.0. The summed E-state index contributed by atoms with van der Waals surface area (Å²) in [7, 11) is 1.71. The second-order valence-corrected chi connectivity index (χ2v) is 6.09. The lowest BCUT2D eigenvalue weighted by Gasteiger charge is -2.32. The molecule has 1 saturated heterocycles. The molecule has 1 heterocycles. The molecule has 0 radical (unpaired) electrons. The Bertz CT molecular complexity index is 660. The topological polar surface area (TPSA) is 109 Å². The van der Waals surface area contributed by atoms with E-state index in [1.165, 1.54) is 0 Å². The Kier molecular flexibility index (Phi) is 9.90. The van der Waals surface area contributed by atoms with E-state index in [0.29, 0.717) is 37.8 Å². The monoisotopic (exact) mass is 489 g/mol. The van der Waals surface area contributed by atoms with E-state index < -0.39 is 5.91 Å². The van der Waals surface area contributed by atoms with Crippen LogP contribution in [0.1, 0.15) is 35.7 Å². The average molecular weight is 489 g/mol. The Hall–Kier alpha value is -2.04. The van der Waals surface area contributed by atoms with Crippen molar-refractivity contribution in [1.82, 2.24) is 15.5 Å². The minimum Gasteiger partial charge on any atom is -0.450 e. The van der Waals surface area contributed by atoms with Gasteiger partial charge in [0.15, 0.2) is 5.96 Å². The molecule has 0 bridgehead atoms. The summed E-state index contributed by atoms with van der Waals surface area (Å²) in [6.45, 7) is 4.05. The van der Waals surface area contributed by atoms with Gasteiger partial charge in [0.2, 0.25) is 5.91 Å². The number of hydrogen-bond acceptors (Lipinski definition) is 4. The number of benzene rings is 1. The molecule has 0 spiro atoms. The van der Waals surface area contributed by atoms with Crippen molar-refractivity contribution >= 4 is 41.9 Å². The SMILES string of the molecule is CCOC(=O)N1CCC(NC(=NC)NCc2cccc(C(N)=O)c2)CC1.I. The van der Waals surface area contributed by atoms with Gasteiger partial charge in [-0.25, -0.2) is 4.79 Å². The van der Waals surface area contributed by atoms with Crippen LogP contribution in [-0.2, 0) is 11.3 Å². The number of guanidine groups is 1. The lowest BCUT2D eigenvalue weighted by Crippen LogP contribution is -2.49. The summed E-state index contributed by atoms with van der Waals surface area (Å²) in [5.74, 6) is 0.242. The lowest BCUT2D eigenvalue weighted by atomic mass is 10.1. The van der Waals surface area contributed by atoms with Gasteiger partial charge in [0.1, 0.15) is 0 Å². The minimum absolute atomic E-state index is 0. The van der Waals surface area contributed by atoms with Crippen LogP contribution in [0.25, 0.3) is 0 Å². The maximum atomic E-state index is 11.7. The molecule has 2 amide bonds. The van der Waals surface area contributed by atoms with E-state index in [9.17, 15) is 9.59 Å². The molecule has 1 aliphatic heterocycles. The van der Waals surface area contributed by atoms with Crippen LogP contribution in [0, 0.1) is 0 Å². The Morgan fingerprint density at radius 2 is 2.04 bits per heavy atom. The number of nitrogens with zero attached hydrogens (tertiary/aromatic N) is 2. The Morgan fingerprint density at radius 3 is 2.63 bits per heavy atom. The fraction of sp³-hybridized carbons (Fsp3) is 0.500. The normalized spacial score (nSPS) is 14.9. The number of piperidine rings is 1. The molecule has 1 aromatic carbocycles. The van der Waals surface area contributed by atoms with Crippen molar-refractivity contribution in [2.45, 2.75) is 32.4 Å². The number of primary amides is 1. The van der Waals surface area contributed by atoms with E-state index in [4.69, 9.17) is 10.5 Å². The van der Waals surface area contributed by atoms with Crippen LogP contribution in [0.4, 0.5) is 4.79 Å². The molecule has 150 valence electrons. The fourth-order valence-corrected chi connectivity index (χ4v) is 2.83. The first-order valence-electron chi connectivity index (χ1n) is 8.81. The molecule has 1 fully saturated rings. The quantitative estimate of drug-likeness (QED) is 0.332. The van der Waals surface area contributed by atoms with Crippen molar-refractivity contribution in [1.29, 1.82) is 0 Å². The van der Waals surface area contributed by atoms with Crippen LogP contribution < -0.4 is 16.4 Å². The molecule has 0 aliphatic carbocycles. The van der Waals surface area contributed by atoms with Gasteiger partial charge in [0, 0.05) is 38.3 Å². The van der Waals surface area contributed by atoms with E-state index in [1.54, 1.807) is 37.1 Å². The zero-order valence-electron chi connectivity index (χ0n) is 15.7. The zero-order valence-corrected chi connectivity index (χ0v) is 18.1. The summed E-state index contributed by atoms with van der Waals surface area (Å²) in [4.78, 5) is 29.0. The summed E-state index contributed by atoms with van der Waals surface area (Å²) >= 11 is 0. The smallest absolute Gasteiger partial charge is 0.409 e. The average Bonchev–Trinajstić information content (AvgIpc) is 2.66. The Balaban J connectivity index is 0.00000364. The Labute approximate surface area is 176 Å². The molecule has 27 heavy (non-hydrogen) atoms. The molecule has 8 nitrogen and oxygen atoms in total. The summed E-state index contributed by atoms with van der Waals surface area (Å²) in [6, 6.07) is 7.42. The molecule has 1 aliphatic rings. The highest BCUT2D eigenvalue weighted by Crippen LogP contribution is 2.11. The molecule has 2 rings (SSSR count). The van der Waals surface area contributed by atoms with Gasteiger partial charge in [0.25, 0.3) is 0 Å². The number of nitrogens with two attached hydrogens (primary N) is 1. The van der Waals surface area contributed by atoms with Crippen molar-refractivity contribution in [2.75, 3.05) is 26.7 Å². The highest BCUT2D eigenvalue weighted by atomic mass is 127. The van der Waals surface area contributed by atoms with E-state index >= 15 is 0 Å². The number of amides is 2. The van der Waals surface area contributed by atoms with Gasteiger partial charge >= 0.3 is 6.09 Å². The van der Waals surface area contributed by atoms with E-state index in [0.717, 1.165) is 18.4 Å². The van der Waals surface area contributed by atoms with Gasteiger partial charge in [-0.15, -0.1) is 24.0 Å². The second-order valence-electron chi connectivity index (χ2n) is 6.09. The standard InChI is InChI=1S/C18H27N5O3.HI/c1-3-26-18(25)23-9-7-15(8-10-23)22-17(20-2)21-12-13-5-4-6-14(11-13)16(19)24;/h4-6,11,15H,3,7-10,12H2,1-2H3,(H2,19,24)(H2,20,21,22);1H. The first-order chi connectivity index (χ1) is 12.5. The number of carbonyl (C=O) groups excluding carboxylic acids is 2. The number of aliphatic imine (C=N–C) groups is 1. The third kappa shape index (κ3) is 7.24. The third-order valence-electron chi connectivity index (χ3n) is 4.26. The van der Waals surface area contributed by atoms with Crippen LogP contribution in [0.5, 0.6) is 0 Å². The van der Waals surface area contributed by atoms with Gasteiger partial charge in [-0.3, -0.25) is 9.79 Å². The second kappa shape index (κ2) is 11.6.